The molecule has 2 saturated heterocycles. The summed E-state index contributed by atoms with van der Waals surface area (Å²) in [5.74, 6) is 0.992. The smallest absolute Gasteiger partial charge is 0.216 e. The second-order valence-corrected chi connectivity index (χ2v) is 8.89. The van der Waals surface area contributed by atoms with E-state index in [1.54, 1.807) is 25.3 Å². The molecular formula is C10H19NO3S2. The van der Waals surface area contributed by atoms with Crippen molar-refractivity contribution in [3.05, 3.63) is 0 Å². The maximum Gasteiger partial charge on any atom is 0.216 e. The first-order valence-corrected chi connectivity index (χ1v) is 8.04. The number of methoxy groups -OCH3 is 1. The molecule has 94 valence electrons. The minimum absolute atomic E-state index is 0.142. The summed E-state index contributed by atoms with van der Waals surface area (Å²) >= 11 is 1.86. The Labute approximate surface area is 102 Å². The number of hydrogen-bond donors (Lipinski definition) is 0. The molecule has 1 spiro atoms. The van der Waals surface area contributed by atoms with E-state index in [0.717, 1.165) is 12.2 Å². The molecule has 6 heteroatoms. The van der Waals surface area contributed by atoms with Crippen molar-refractivity contribution < 1.29 is 13.2 Å². The topological polar surface area (TPSA) is 46.6 Å². The number of rotatable bonds is 3. The Bertz CT molecular complexity index is 360. The van der Waals surface area contributed by atoms with E-state index in [9.17, 15) is 8.42 Å². The zero-order valence-corrected chi connectivity index (χ0v) is 11.6. The molecule has 0 bridgehead atoms. The van der Waals surface area contributed by atoms with Crippen LogP contribution < -0.4 is 0 Å². The lowest BCUT2D eigenvalue weighted by Gasteiger charge is -2.46. The van der Waals surface area contributed by atoms with E-state index in [1.165, 1.54) is 0 Å². The fourth-order valence-electron chi connectivity index (χ4n) is 2.25. The van der Waals surface area contributed by atoms with Crippen molar-refractivity contribution in [1.82, 2.24) is 4.31 Å². The van der Waals surface area contributed by atoms with Crippen molar-refractivity contribution in [2.75, 3.05) is 26.0 Å². The molecular weight excluding hydrogens is 246 g/mol. The van der Waals surface area contributed by atoms with Crippen LogP contribution in [0.25, 0.3) is 0 Å². The monoisotopic (exact) mass is 265 g/mol. The highest BCUT2D eigenvalue weighted by Crippen LogP contribution is 2.47. The van der Waals surface area contributed by atoms with Gasteiger partial charge in [0, 0.05) is 30.7 Å². The first-order chi connectivity index (χ1) is 7.39. The Kier molecular flexibility index (Phi) is 3.29. The van der Waals surface area contributed by atoms with E-state index in [4.69, 9.17) is 4.74 Å². The molecule has 0 aliphatic carbocycles. The van der Waals surface area contributed by atoms with Gasteiger partial charge in [0.05, 0.1) is 11.4 Å². The highest BCUT2D eigenvalue weighted by molar-refractivity contribution is 8.01. The second-order valence-electron chi connectivity index (χ2n) is 4.92. The van der Waals surface area contributed by atoms with Crippen LogP contribution >= 0.6 is 11.8 Å². The quantitative estimate of drug-likeness (QED) is 0.761. The van der Waals surface area contributed by atoms with Gasteiger partial charge in [0.25, 0.3) is 0 Å². The third-order valence-corrected chi connectivity index (χ3v) is 7.14. The van der Waals surface area contributed by atoms with Crippen molar-refractivity contribution in [2.24, 2.45) is 0 Å². The van der Waals surface area contributed by atoms with E-state index in [2.05, 4.69) is 0 Å². The fraction of sp³-hybridized carbons (Fsp3) is 1.00. The summed E-state index contributed by atoms with van der Waals surface area (Å²) in [6.07, 6.45) is 1.28. The van der Waals surface area contributed by atoms with E-state index >= 15 is 0 Å². The maximum atomic E-state index is 11.9. The summed E-state index contributed by atoms with van der Waals surface area (Å²) < 4.78 is 30.9. The SMILES string of the molecule is COC1CSC2(C1)CN(S(=O)(=O)C(C)C)C2. The number of sulfonamides is 1. The lowest BCUT2D eigenvalue weighted by molar-refractivity contribution is 0.0930. The first kappa shape index (κ1) is 12.7. The Morgan fingerprint density at radius 1 is 1.44 bits per heavy atom. The van der Waals surface area contributed by atoms with Gasteiger partial charge in [-0.25, -0.2) is 8.42 Å². The maximum absolute atomic E-state index is 11.9. The highest BCUT2D eigenvalue weighted by atomic mass is 32.2. The van der Waals surface area contributed by atoms with Crippen LogP contribution in [0.4, 0.5) is 0 Å². The minimum atomic E-state index is -3.05. The van der Waals surface area contributed by atoms with Gasteiger partial charge in [-0.2, -0.15) is 4.31 Å². The summed E-state index contributed by atoms with van der Waals surface area (Å²) in [5.41, 5.74) is 0. The molecule has 0 aromatic rings. The molecule has 2 fully saturated rings. The summed E-state index contributed by atoms with van der Waals surface area (Å²) in [4.78, 5) is 0. The highest BCUT2D eigenvalue weighted by Gasteiger charge is 2.53. The summed E-state index contributed by atoms with van der Waals surface area (Å²) in [7, 11) is -1.32. The average Bonchev–Trinajstić information content (AvgIpc) is 2.59. The molecule has 1 unspecified atom stereocenters. The molecule has 2 aliphatic heterocycles. The molecule has 0 amide bonds. The van der Waals surface area contributed by atoms with Crippen LogP contribution in [0.5, 0.6) is 0 Å². The van der Waals surface area contributed by atoms with Crippen molar-refractivity contribution in [1.29, 1.82) is 0 Å². The minimum Gasteiger partial charge on any atom is -0.381 e. The first-order valence-electron chi connectivity index (χ1n) is 5.55. The summed E-state index contributed by atoms with van der Waals surface area (Å²) in [6.45, 7) is 4.80. The van der Waals surface area contributed by atoms with Crippen molar-refractivity contribution in [2.45, 2.75) is 36.4 Å². The third kappa shape index (κ3) is 2.00. The van der Waals surface area contributed by atoms with Crippen LogP contribution in [0, 0.1) is 0 Å². The van der Waals surface area contributed by atoms with Crippen molar-refractivity contribution in [3.8, 4) is 0 Å². The van der Waals surface area contributed by atoms with Gasteiger partial charge in [-0.15, -0.1) is 11.8 Å². The predicted molar refractivity (Wildman–Crippen MR) is 66.2 cm³/mol. The Hall–Kier alpha value is 0.220. The summed E-state index contributed by atoms with van der Waals surface area (Å²) in [5, 5.41) is -0.311. The van der Waals surface area contributed by atoms with Crippen molar-refractivity contribution >= 4 is 21.8 Å². The van der Waals surface area contributed by atoms with Crippen LogP contribution in [0.2, 0.25) is 0 Å². The van der Waals surface area contributed by atoms with Crippen LogP contribution in [0.1, 0.15) is 20.3 Å². The Morgan fingerprint density at radius 2 is 2.06 bits per heavy atom. The number of ether oxygens (including phenoxy) is 1. The molecule has 0 aromatic carbocycles. The molecule has 16 heavy (non-hydrogen) atoms. The standard InChI is InChI=1S/C10H19NO3S2/c1-8(2)16(12,13)11-6-10(7-11)4-9(14-3)5-15-10/h8-9H,4-7H2,1-3H3. The largest absolute Gasteiger partial charge is 0.381 e. The molecule has 0 radical (unpaired) electrons. The van der Waals surface area contributed by atoms with Gasteiger partial charge in [0.15, 0.2) is 0 Å². The van der Waals surface area contributed by atoms with E-state index in [-0.39, 0.29) is 10.00 Å². The van der Waals surface area contributed by atoms with Gasteiger partial charge < -0.3 is 4.74 Å². The van der Waals surface area contributed by atoms with Crippen LogP contribution in [0.3, 0.4) is 0 Å². The van der Waals surface area contributed by atoms with Crippen molar-refractivity contribution in [3.63, 3.8) is 0 Å². The lowest BCUT2D eigenvalue weighted by Crippen LogP contribution is -2.61. The normalized spacial score (nSPS) is 29.9. The number of thioether (sulfide) groups is 1. The fourth-order valence-corrected chi connectivity index (χ4v) is 5.45. The molecule has 2 aliphatic rings. The lowest BCUT2D eigenvalue weighted by atomic mass is 9.96. The zero-order valence-electron chi connectivity index (χ0n) is 9.97. The van der Waals surface area contributed by atoms with Crippen LogP contribution in [-0.2, 0) is 14.8 Å². The summed E-state index contributed by atoms with van der Waals surface area (Å²) in [6, 6.07) is 0. The molecule has 2 rings (SSSR count). The zero-order chi connectivity index (χ0) is 12.0. The molecule has 1 atom stereocenters. The Morgan fingerprint density at radius 3 is 2.50 bits per heavy atom. The molecule has 0 aromatic heterocycles. The third-order valence-electron chi connectivity index (χ3n) is 3.39. The molecule has 2 heterocycles. The molecule has 4 nitrogen and oxygen atoms in total. The van der Waals surface area contributed by atoms with Gasteiger partial charge in [-0.05, 0) is 20.3 Å². The van der Waals surface area contributed by atoms with Crippen LogP contribution in [0.15, 0.2) is 0 Å². The van der Waals surface area contributed by atoms with E-state index in [0.29, 0.717) is 19.2 Å². The Balaban J connectivity index is 1.96. The van der Waals surface area contributed by atoms with E-state index in [1.807, 2.05) is 11.8 Å². The molecule has 0 saturated carbocycles. The van der Waals surface area contributed by atoms with Gasteiger partial charge in [0.1, 0.15) is 0 Å². The van der Waals surface area contributed by atoms with Gasteiger partial charge in [-0.3, -0.25) is 0 Å². The van der Waals surface area contributed by atoms with E-state index < -0.39 is 10.0 Å². The molecule has 0 N–H and O–H groups in total. The van der Waals surface area contributed by atoms with Gasteiger partial charge >= 0.3 is 0 Å². The second kappa shape index (κ2) is 4.15. The van der Waals surface area contributed by atoms with Gasteiger partial charge in [0.2, 0.25) is 10.0 Å². The predicted octanol–water partition coefficient (Wildman–Crippen LogP) is 0.931. The number of hydrogen-bond acceptors (Lipinski definition) is 4. The number of nitrogens with zero attached hydrogens (tertiary/aromatic N) is 1. The average molecular weight is 265 g/mol. The van der Waals surface area contributed by atoms with Crippen LogP contribution in [-0.4, -0.2) is 54.8 Å². The van der Waals surface area contributed by atoms with Gasteiger partial charge in [-0.1, -0.05) is 0 Å².